The van der Waals surface area contributed by atoms with Crippen molar-refractivity contribution in [2.24, 2.45) is 11.3 Å². The van der Waals surface area contributed by atoms with Crippen molar-refractivity contribution < 1.29 is 0 Å². The minimum atomic E-state index is 0.318. The molecule has 1 aromatic carbocycles. The van der Waals surface area contributed by atoms with E-state index in [9.17, 15) is 0 Å². The van der Waals surface area contributed by atoms with Crippen molar-refractivity contribution in [2.75, 3.05) is 0 Å². The molecule has 1 aromatic rings. The first-order valence-electron chi connectivity index (χ1n) is 6.10. The normalized spacial score (nSPS) is 35.4. The summed E-state index contributed by atoms with van der Waals surface area (Å²) in [5.41, 5.74) is 8.14. The van der Waals surface area contributed by atoms with E-state index in [1.807, 2.05) is 0 Å². The monoisotopic (exact) mass is 216 g/mol. The van der Waals surface area contributed by atoms with Crippen LogP contribution in [0.25, 0.3) is 0 Å². The summed E-state index contributed by atoms with van der Waals surface area (Å²) < 4.78 is 0. The van der Waals surface area contributed by atoms with Gasteiger partial charge in [0.05, 0.1) is 0 Å². The standard InChI is InChI=1S/C14H20N2/c1-10-3-11(2)5-12(4-10)6-13-7-14(8-13,9-13)16-15/h3-5,16H,6-9,15H2,1-2H3. The smallest absolute Gasteiger partial charge is 0.0337 e. The maximum absolute atomic E-state index is 5.56. The van der Waals surface area contributed by atoms with E-state index in [4.69, 9.17) is 5.84 Å². The molecular weight excluding hydrogens is 196 g/mol. The van der Waals surface area contributed by atoms with Gasteiger partial charge in [-0.05, 0) is 50.5 Å². The molecule has 0 spiro atoms. The highest BCUT2D eigenvalue weighted by Crippen LogP contribution is 2.68. The molecule has 0 heterocycles. The van der Waals surface area contributed by atoms with Crippen LogP contribution in [-0.2, 0) is 6.42 Å². The lowest BCUT2D eigenvalue weighted by molar-refractivity contribution is -0.153. The van der Waals surface area contributed by atoms with Gasteiger partial charge in [-0.3, -0.25) is 11.3 Å². The van der Waals surface area contributed by atoms with Gasteiger partial charge in [0.1, 0.15) is 0 Å². The Morgan fingerprint density at radius 3 is 2.19 bits per heavy atom. The van der Waals surface area contributed by atoms with Crippen molar-refractivity contribution in [3.63, 3.8) is 0 Å². The van der Waals surface area contributed by atoms with E-state index in [0.717, 1.165) is 0 Å². The SMILES string of the molecule is Cc1cc(C)cc(CC23CC(NN)(C2)C3)c1. The Hall–Kier alpha value is -0.860. The summed E-state index contributed by atoms with van der Waals surface area (Å²) in [4.78, 5) is 0. The highest BCUT2D eigenvalue weighted by molar-refractivity contribution is 5.33. The molecule has 0 aliphatic heterocycles. The predicted molar refractivity (Wildman–Crippen MR) is 66.0 cm³/mol. The molecule has 0 saturated heterocycles. The molecule has 0 atom stereocenters. The number of nitrogens with two attached hydrogens (primary N) is 1. The average molecular weight is 216 g/mol. The molecule has 16 heavy (non-hydrogen) atoms. The summed E-state index contributed by atoms with van der Waals surface area (Å²) in [6, 6.07) is 6.90. The van der Waals surface area contributed by atoms with Crippen molar-refractivity contribution >= 4 is 0 Å². The van der Waals surface area contributed by atoms with E-state index in [2.05, 4.69) is 37.5 Å². The van der Waals surface area contributed by atoms with Crippen LogP contribution < -0.4 is 11.3 Å². The first-order chi connectivity index (χ1) is 7.55. The molecule has 2 bridgehead atoms. The van der Waals surface area contributed by atoms with E-state index < -0.39 is 0 Å². The van der Waals surface area contributed by atoms with E-state index in [-0.39, 0.29) is 0 Å². The van der Waals surface area contributed by atoms with Crippen molar-refractivity contribution in [2.45, 2.75) is 45.1 Å². The molecule has 0 unspecified atom stereocenters. The van der Waals surface area contributed by atoms with Crippen molar-refractivity contribution in [1.29, 1.82) is 0 Å². The highest BCUT2D eigenvalue weighted by Gasteiger charge is 2.66. The van der Waals surface area contributed by atoms with Gasteiger partial charge in [0, 0.05) is 5.54 Å². The number of benzene rings is 1. The Balaban J connectivity index is 1.72. The topological polar surface area (TPSA) is 38.0 Å². The number of hydrogen-bond acceptors (Lipinski definition) is 2. The van der Waals surface area contributed by atoms with Crippen LogP contribution >= 0.6 is 0 Å². The second-order valence-electron chi connectivity index (χ2n) is 6.13. The molecule has 2 nitrogen and oxygen atoms in total. The van der Waals surface area contributed by atoms with Gasteiger partial charge in [-0.15, -0.1) is 0 Å². The minimum absolute atomic E-state index is 0.318. The van der Waals surface area contributed by atoms with Gasteiger partial charge in [0.2, 0.25) is 0 Å². The van der Waals surface area contributed by atoms with Crippen LogP contribution in [0.2, 0.25) is 0 Å². The zero-order chi connectivity index (χ0) is 11.4. The van der Waals surface area contributed by atoms with Gasteiger partial charge in [0.25, 0.3) is 0 Å². The second-order valence-corrected chi connectivity index (χ2v) is 6.13. The maximum Gasteiger partial charge on any atom is 0.0337 e. The van der Waals surface area contributed by atoms with Gasteiger partial charge >= 0.3 is 0 Å². The fourth-order valence-electron chi connectivity index (χ4n) is 3.94. The van der Waals surface area contributed by atoms with Crippen molar-refractivity contribution in [3.8, 4) is 0 Å². The number of hydrogen-bond donors (Lipinski definition) is 2. The van der Waals surface area contributed by atoms with Crippen molar-refractivity contribution in [3.05, 3.63) is 34.9 Å². The first-order valence-corrected chi connectivity index (χ1v) is 6.10. The quantitative estimate of drug-likeness (QED) is 0.600. The molecule has 86 valence electrons. The van der Waals surface area contributed by atoms with Crippen LogP contribution in [0.15, 0.2) is 18.2 Å². The summed E-state index contributed by atoms with van der Waals surface area (Å²) in [7, 11) is 0. The predicted octanol–water partition coefficient (Wildman–Crippen LogP) is 2.23. The summed E-state index contributed by atoms with van der Waals surface area (Å²) >= 11 is 0. The van der Waals surface area contributed by atoms with Crippen LogP contribution in [0.4, 0.5) is 0 Å². The van der Waals surface area contributed by atoms with E-state index in [1.54, 1.807) is 0 Å². The third kappa shape index (κ3) is 1.40. The Morgan fingerprint density at radius 2 is 1.69 bits per heavy atom. The molecule has 3 N–H and O–H groups in total. The van der Waals surface area contributed by atoms with Gasteiger partial charge in [-0.25, -0.2) is 0 Å². The molecule has 2 heteroatoms. The Kier molecular flexibility index (Phi) is 1.99. The van der Waals surface area contributed by atoms with E-state index in [1.165, 1.54) is 42.4 Å². The van der Waals surface area contributed by atoms with Crippen LogP contribution in [0.5, 0.6) is 0 Å². The zero-order valence-electron chi connectivity index (χ0n) is 10.1. The molecular formula is C14H20N2. The molecule has 3 aliphatic rings. The van der Waals surface area contributed by atoms with Crippen LogP contribution in [0.3, 0.4) is 0 Å². The number of aryl methyl sites for hydroxylation is 2. The summed E-state index contributed by atoms with van der Waals surface area (Å²) in [6.07, 6.45) is 5.04. The summed E-state index contributed by atoms with van der Waals surface area (Å²) in [5.74, 6) is 5.56. The molecule has 3 fully saturated rings. The minimum Gasteiger partial charge on any atom is -0.271 e. The lowest BCUT2D eigenvalue weighted by atomic mass is 9.38. The van der Waals surface area contributed by atoms with Crippen LogP contribution in [0, 0.1) is 19.3 Å². The Morgan fingerprint density at radius 1 is 1.12 bits per heavy atom. The van der Waals surface area contributed by atoms with Gasteiger partial charge in [-0.1, -0.05) is 29.3 Å². The third-order valence-corrected chi connectivity index (χ3v) is 4.31. The molecule has 3 aliphatic carbocycles. The first kappa shape index (κ1) is 10.3. The summed E-state index contributed by atoms with van der Waals surface area (Å²) in [5, 5.41) is 0. The largest absolute Gasteiger partial charge is 0.271 e. The van der Waals surface area contributed by atoms with Crippen LogP contribution in [-0.4, -0.2) is 5.54 Å². The molecule has 3 saturated carbocycles. The van der Waals surface area contributed by atoms with E-state index in [0.29, 0.717) is 11.0 Å². The number of nitrogens with one attached hydrogen (secondary N) is 1. The maximum atomic E-state index is 5.56. The fourth-order valence-corrected chi connectivity index (χ4v) is 3.94. The van der Waals surface area contributed by atoms with E-state index >= 15 is 0 Å². The lowest BCUT2D eigenvalue weighted by Gasteiger charge is -2.70. The number of rotatable bonds is 3. The van der Waals surface area contributed by atoms with Crippen LogP contribution in [0.1, 0.15) is 36.0 Å². The Labute approximate surface area is 97.2 Å². The highest BCUT2D eigenvalue weighted by atomic mass is 15.3. The summed E-state index contributed by atoms with van der Waals surface area (Å²) in [6.45, 7) is 4.36. The van der Waals surface area contributed by atoms with Crippen molar-refractivity contribution in [1.82, 2.24) is 5.43 Å². The molecule has 0 radical (unpaired) electrons. The zero-order valence-corrected chi connectivity index (χ0v) is 10.1. The molecule has 0 amide bonds. The van der Waals surface area contributed by atoms with Gasteiger partial charge < -0.3 is 0 Å². The number of hydrazine groups is 1. The second kappa shape index (κ2) is 3.08. The lowest BCUT2D eigenvalue weighted by Crippen LogP contribution is -2.75. The third-order valence-electron chi connectivity index (χ3n) is 4.31. The molecule has 0 aromatic heterocycles. The van der Waals surface area contributed by atoms with Gasteiger partial charge in [-0.2, -0.15) is 0 Å². The fraction of sp³-hybridized carbons (Fsp3) is 0.571. The van der Waals surface area contributed by atoms with Gasteiger partial charge in [0.15, 0.2) is 0 Å². The average Bonchev–Trinajstić information content (AvgIpc) is 2.07. The molecule has 4 rings (SSSR count). The Bertz CT molecular complexity index is 396.